The molecule has 1 aromatic carbocycles. The maximum Gasteiger partial charge on any atom is 0.342 e. The van der Waals surface area contributed by atoms with Gasteiger partial charge >= 0.3 is 5.97 Å². The van der Waals surface area contributed by atoms with E-state index in [1.54, 1.807) is 25.1 Å². The molecule has 1 saturated heterocycles. The fraction of sp³-hybridized carbons (Fsp3) is 0.432. The summed E-state index contributed by atoms with van der Waals surface area (Å²) in [6.45, 7) is 23.1. The average molecular weight is 629 g/mol. The van der Waals surface area contributed by atoms with E-state index in [9.17, 15) is 9.90 Å². The van der Waals surface area contributed by atoms with Crippen LogP contribution >= 0.6 is 0 Å². The number of hydrogen-bond donors (Lipinski definition) is 3. The number of nitrogens with one attached hydrogen (secondary N) is 2. The highest BCUT2D eigenvalue weighted by Gasteiger charge is 2.41. The molecule has 9 nitrogen and oxygen atoms in total. The van der Waals surface area contributed by atoms with Gasteiger partial charge in [-0.15, -0.1) is 0 Å². The summed E-state index contributed by atoms with van der Waals surface area (Å²) in [5.41, 5.74) is 5.16. The molecule has 0 spiro atoms. The van der Waals surface area contributed by atoms with Crippen LogP contribution in [0.4, 0.5) is 5.82 Å². The summed E-state index contributed by atoms with van der Waals surface area (Å²) in [4.78, 5) is 18.9. The van der Waals surface area contributed by atoms with Gasteiger partial charge in [0.15, 0.2) is 0 Å². The summed E-state index contributed by atoms with van der Waals surface area (Å²) in [5.74, 6) is -0.428. The minimum atomic E-state index is -1.28. The van der Waals surface area contributed by atoms with Crippen molar-refractivity contribution in [3.05, 3.63) is 101 Å². The Hall–Kier alpha value is -4.21. The Kier molecular flexibility index (Phi) is 10.9. The minimum Gasteiger partial charge on any atom is -0.488 e. The Balaban J connectivity index is 1.51. The number of ether oxygens (including phenoxy) is 3. The van der Waals surface area contributed by atoms with Crippen LogP contribution in [0.15, 0.2) is 78.4 Å². The van der Waals surface area contributed by atoms with Crippen molar-refractivity contribution in [2.24, 2.45) is 0 Å². The maximum absolute atomic E-state index is 11.6. The summed E-state index contributed by atoms with van der Waals surface area (Å²) in [7, 11) is 0. The number of fused-ring (bicyclic) bond motifs is 1. The number of anilines is 1. The molecule has 1 fully saturated rings. The van der Waals surface area contributed by atoms with Gasteiger partial charge in [-0.3, -0.25) is 4.90 Å². The zero-order chi connectivity index (χ0) is 33.6. The Bertz CT molecular complexity index is 1540. The van der Waals surface area contributed by atoms with Crippen LogP contribution in [-0.2, 0) is 38.6 Å². The summed E-state index contributed by atoms with van der Waals surface area (Å²) >= 11 is 0. The van der Waals surface area contributed by atoms with Crippen LogP contribution in [0.2, 0.25) is 0 Å². The maximum atomic E-state index is 11.6. The van der Waals surface area contributed by atoms with E-state index in [0.29, 0.717) is 35.5 Å². The van der Waals surface area contributed by atoms with Gasteiger partial charge in [-0.2, -0.15) is 0 Å². The molecule has 1 aromatic heterocycles. The first-order valence-electron chi connectivity index (χ1n) is 15.8. The summed E-state index contributed by atoms with van der Waals surface area (Å²) < 4.78 is 18.2. The van der Waals surface area contributed by atoms with Crippen molar-refractivity contribution in [2.75, 3.05) is 18.5 Å². The number of allylic oxidation sites excluding steroid dienone is 3. The van der Waals surface area contributed by atoms with Gasteiger partial charge in [-0.1, -0.05) is 43.5 Å². The lowest BCUT2D eigenvalue weighted by Gasteiger charge is -2.49. The Morgan fingerprint density at radius 1 is 1.17 bits per heavy atom. The number of aromatic nitrogens is 1. The number of nitrogens with zero attached hydrogens (tertiary/aromatic N) is 2. The number of pyridine rings is 1. The molecule has 9 heteroatoms. The van der Waals surface area contributed by atoms with Gasteiger partial charge in [0, 0.05) is 30.9 Å². The van der Waals surface area contributed by atoms with Crippen molar-refractivity contribution in [3.63, 3.8) is 0 Å². The number of aliphatic carboxylic acids is 1. The second kappa shape index (κ2) is 14.5. The van der Waals surface area contributed by atoms with Gasteiger partial charge in [-0.25, -0.2) is 9.78 Å². The van der Waals surface area contributed by atoms with Crippen molar-refractivity contribution in [3.8, 4) is 0 Å². The van der Waals surface area contributed by atoms with Crippen molar-refractivity contribution >= 4 is 23.6 Å². The molecule has 3 N–H and O–H groups in total. The van der Waals surface area contributed by atoms with Crippen LogP contribution in [-0.4, -0.2) is 57.6 Å². The van der Waals surface area contributed by atoms with Crippen LogP contribution in [0, 0.1) is 5.41 Å². The molecule has 0 unspecified atom stereocenters. The monoisotopic (exact) mass is 628 g/mol. The van der Waals surface area contributed by atoms with Gasteiger partial charge in [0.2, 0.25) is 5.88 Å². The molecule has 4 rings (SSSR count). The van der Waals surface area contributed by atoms with Gasteiger partial charge in [-0.05, 0) is 95.2 Å². The molecule has 0 saturated carbocycles. The van der Waals surface area contributed by atoms with Crippen molar-refractivity contribution in [1.82, 2.24) is 9.88 Å². The fourth-order valence-electron chi connectivity index (χ4n) is 6.55. The Morgan fingerprint density at radius 3 is 2.50 bits per heavy atom. The zero-order valence-corrected chi connectivity index (χ0v) is 28.0. The molecule has 2 aliphatic heterocycles. The quantitative estimate of drug-likeness (QED) is 0.0919. The molecule has 0 bridgehead atoms. The first kappa shape index (κ1) is 34.7. The number of carboxylic acids is 1. The number of hydrogen-bond acceptors (Lipinski definition) is 8. The van der Waals surface area contributed by atoms with Gasteiger partial charge in [0.05, 0.1) is 23.5 Å². The van der Waals surface area contributed by atoms with Crippen molar-refractivity contribution in [2.45, 2.75) is 91.2 Å². The number of rotatable bonds is 13. The van der Waals surface area contributed by atoms with E-state index in [0.717, 1.165) is 49.7 Å². The van der Waals surface area contributed by atoms with E-state index in [1.807, 2.05) is 13.0 Å². The third kappa shape index (κ3) is 8.53. The fourth-order valence-corrected chi connectivity index (χ4v) is 6.55. The second-order valence-electron chi connectivity index (χ2n) is 13.2. The first-order chi connectivity index (χ1) is 21.8. The highest BCUT2D eigenvalue weighted by Crippen LogP contribution is 2.38. The number of carboxylic acid groups (broad SMARTS) is 1. The summed E-state index contributed by atoms with van der Waals surface area (Å²) in [6, 6.07) is 12.4. The lowest BCUT2D eigenvalue weighted by Crippen LogP contribution is -2.53. The van der Waals surface area contributed by atoms with Crippen LogP contribution in [0.1, 0.15) is 76.8 Å². The number of benzene rings is 1. The molecule has 2 aromatic rings. The van der Waals surface area contributed by atoms with E-state index in [-0.39, 0.29) is 29.3 Å². The Morgan fingerprint density at radius 2 is 1.89 bits per heavy atom. The molecule has 0 radical (unpaired) electrons. The lowest BCUT2D eigenvalue weighted by atomic mass is 9.83. The molecular weight excluding hydrogens is 580 g/mol. The summed E-state index contributed by atoms with van der Waals surface area (Å²) in [6.07, 6.45) is 5.47. The van der Waals surface area contributed by atoms with Crippen LogP contribution in [0.5, 0.6) is 0 Å². The average Bonchev–Trinajstić information content (AvgIpc) is 2.97. The zero-order valence-electron chi connectivity index (χ0n) is 28.0. The molecular formula is C37H48N4O5. The second-order valence-corrected chi connectivity index (χ2v) is 13.2. The first-order valence-corrected chi connectivity index (χ1v) is 15.8. The van der Waals surface area contributed by atoms with Crippen molar-refractivity contribution < 1.29 is 24.1 Å². The molecule has 46 heavy (non-hydrogen) atoms. The largest absolute Gasteiger partial charge is 0.488 e. The minimum absolute atomic E-state index is 0.0638. The van der Waals surface area contributed by atoms with Crippen LogP contribution in [0.3, 0.4) is 0 Å². The standard InChI is InChI=1S/C37H48N4O5/c1-9-29(31-12-11-13-32(39-31)40-34(44-10-2)30(21-38)35(42)43)33(24(3)4)45-23-25-14-15-27-22-41(17-16-26(27)18-25)28-19-36(5,6)46-37(7,8)20-28/h9,11-15,18,21,28,38H,1,3,10,16-17,19-20,22-23H2,2,4-8H3,(H,39,40)(H,42,43)/b33-29-,34-30-,38-21?. The summed E-state index contributed by atoms with van der Waals surface area (Å²) in [5, 5.41) is 19.9. The molecule has 246 valence electrons. The van der Waals surface area contributed by atoms with Crippen LogP contribution in [0.25, 0.3) is 5.57 Å². The van der Waals surface area contributed by atoms with Gasteiger partial charge in [0.25, 0.3) is 0 Å². The number of carbonyl (C=O) groups is 1. The topological polar surface area (TPSA) is 117 Å². The molecule has 0 aliphatic carbocycles. The smallest absolute Gasteiger partial charge is 0.342 e. The van der Waals surface area contributed by atoms with E-state index < -0.39 is 5.97 Å². The molecule has 0 atom stereocenters. The normalized spacial score (nSPS) is 18.7. The van der Waals surface area contributed by atoms with Gasteiger partial charge < -0.3 is 30.0 Å². The third-order valence-corrected chi connectivity index (χ3v) is 8.23. The molecule has 2 aliphatic rings. The highest BCUT2D eigenvalue weighted by molar-refractivity contribution is 6.08. The third-order valence-electron chi connectivity index (χ3n) is 8.23. The van der Waals surface area contributed by atoms with Gasteiger partial charge in [0.1, 0.15) is 23.8 Å². The molecule has 0 amide bonds. The van der Waals surface area contributed by atoms with E-state index in [1.165, 1.54) is 11.1 Å². The van der Waals surface area contributed by atoms with E-state index >= 15 is 0 Å². The lowest BCUT2D eigenvalue weighted by molar-refractivity contribution is -0.178. The molecule has 3 heterocycles. The Labute approximate surface area is 273 Å². The van der Waals surface area contributed by atoms with Crippen LogP contribution < -0.4 is 5.32 Å². The predicted molar refractivity (Wildman–Crippen MR) is 182 cm³/mol. The SMILES string of the molecule is C=C/C(=C(/OCc1ccc2c(c1)CCN(C1CC(C)(C)OC(C)(C)C1)C2)C(=C)C)c1cccc(N/C(OCC)=C(\C=N)C(=O)O)n1. The van der Waals surface area contributed by atoms with E-state index in [4.69, 9.17) is 19.6 Å². The highest BCUT2D eigenvalue weighted by atomic mass is 16.5. The van der Waals surface area contributed by atoms with Crippen molar-refractivity contribution in [1.29, 1.82) is 5.41 Å². The predicted octanol–water partition coefficient (Wildman–Crippen LogP) is 7.26. The van der Waals surface area contributed by atoms with E-state index in [2.05, 4.69) is 74.3 Å².